The molecule has 1 heterocycles. The van der Waals surface area contributed by atoms with E-state index in [1.165, 1.54) is 6.07 Å². The number of hydrogen-bond donors (Lipinski definition) is 1. The Balaban J connectivity index is 2.50. The van der Waals surface area contributed by atoms with Crippen molar-refractivity contribution in [3.05, 3.63) is 46.1 Å². The van der Waals surface area contributed by atoms with Crippen LogP contribution in [0.25, 0.3) is 11.3 Å². The van der Waals surface area contributed by atoms with Crippen molar-refractivity contribution in [2.24, 2.45) is 0 Å². The topological polar surface area (TPSA) is 25.2 Å². The number of hydrogen-bond acceptors (Lipinski definition) is 2. The minimum atomic E-state index is -4.43. The van der Waals surface area contributed by atoms with E-state index in [2.05, 4.69) is 21.2 Å². The van der Waals surface area contributed by atoms with Crippen LogP contribution < -0.4 is 5.32 Å². The van der Waals surface area contributed by atoms with Crippen LogP contribution >= 0.6 is 15.9 Å². The first-order valence-electron chi connectivity index (χ1n) is 5.97. The molecule has 1 N–H and O–H groups in total. The summed E-state index contributed by atoms with van der Waals surface area (Å²) in [6.45, 7) is 1.87. The molecule has 0 spiro atoms. The molecule has 20 heavy (non-hydrogen) atoms. The summed E-state index contributed by atoms with van der Waals surface area (Å²) in [5.74, 6) is 0.806. The largest absolute Gasteiger partial charge is 0.459 e. The summed E-state index contributed by atoms with van der Waals surface area (Å²) in [5.41, 5.74) is -0.680. The maximum atomic E-state index is 13.1. The zero-order chi connectivity index (χ0) is 14.9. The van der Waals surface area contributed by atoms with Gasteiger partial charge in [-0.3, -0.25) is 0 Å². The highest BCUT2D eigenvalue weighted by Gasteiger charge is 2.34. The van der Waals surface area contributed by atoms with Crippen molar-refractivity contribution in [1.82, 2.24) is 5.32 Å². The van der Waals surface area contributed by atoms with Gasteiger partial charge in [-0.25, -0.2) is 0 Å². The Bertz CT molecular complexity index is 607. The normalized spacial score (nSPS) is 13.5. The maximum absolute atomic E-state index is 13.1. The van der Waals surface area contributed by atoms with Gasteiger partial charge in [-0.2, -0.15) is 13.2 Å². The molecule has 0 aliphatic rings. The van der Waals surface area contributed by atoms with Crippen molar-refractivity contribution in [1.29, 1.82) is 0 Å². The van der Waals surface area contributed by atoms with Crippen molar-refractivity contribution in [2.45, 2.75) is 19.1 Å². The quantitative estimate of drug-likeness (QED) is 0.844. The van der Waals surface area contributed by atoms with E-state index < -0.39 is 11.7 Å². The van der Waals surface area contributed by atoms with Gasteiger partial charge in [0.05, 0.1) is 11.6 Å². The van der Waals surface area contributed by atoms with Gasteiger partial charge < -0.3 is 9.73 Å². The number of rotatable bonds is 3. The fourth-order valence-corrected chi connectivity index (χ4v) is 2.20. The molecule has 1 aromatic carbocycles. The number of alkyl halides is 3. The van der Waals surface area contributed by atoms with Gasteiger partial charge in [0, 0.05) is 10.0 Å². The van der Waals surface area contributed by atoms with E-state index in [1.54, 1.807) is 25.2 Å². The standard InChI is InChI=1S/C14H13BrF3NO/c1-8(19-2)12-5-6-13(20-12)10-4-3-9(15)7-11(10)14(16,17)18/h3-8,19H,1-2H3. The molecule has 108 valence electrons. The summed E-state index contributed by atoms with van der Waals surface area (Å²) in [6.07, 6.45) is -4.43. The molecule has 1 unspecified atom stereocenters. The van der Waals surface area contributed by atoms with Crippen LogP contribution in [-0.2, 0) is 6.18 Å². The van der Waals surface area contributed by atoms with E-state index in [4.69, 9.17) is 4.42 Å². The van der Waals surface area contributed by atoms with Gasteiger partial charge >= 0.3 is 6.18 Å². The zero-order valence-corrected chi connectivity index (χ0v) is 12.5. The smallest absolute Gasteiger partial charge is 0.417 e. The lowest BCUT2D eigenvalue weighted by Gasteiger charge is -2.12. The highest BCUT2D eigenvalue weighted by atomic mass is 79.9. The summed E-state index contributed by atoms with van der Waals surface area (Å²) >= 11 is 3.06. The molecule has 0 saturated heterocycles. The maximum Gasteiger partial charge on any atom is 0.417 e. The molecule has 0 aliphatic carbocycles. The van der Waals surface area contributed by atoms with Crippen LogP contribution in [0.4, 0.5) is 13.2 Å². The third-order valence-corrected chi connectivity index (χ3v) is 3.53. The van der Waals surface area contributed by atoms with Gasteiger partial charge in [0.2, 0.25) is 0 Å². The first-order valence-corrected chi connectivity index (χ1v) is 6.76. The number of furan rings is 1. The minimum Gasteiger partial charge on any atom is -0.459 e. The van der Waals surface area contributed by atoms with Gasteiger partial charge in [-0.05, 0) is 44.3 Å². The van der Waals surface area contributed by atoms with Crippen molar-refractivity contribution < 1.29 is 17.6 Å². The third kappa shape index (κ3) is 3.07. The lowest BCUT2D eigenvalue weighted by molar-refractivity contribution is -0.137. The van der Waals surface area contributed by atoms with Gasteiger partial charge in [0.15, 0.2) is 0 Å². The summed E-state index contributed by atoms with van der Waals surface area (Å²) in [7, 11) is 1.76. The van der Waals surface area contributed by atoms with Crippen LogP contribution in [0.15, 0.2) is 39.2 Å². The van der Waals surface area contributed by atoms with Crippen LogP contribution in [0.1, 0.15) is 24.3 Å². The van der Waals surface area contributed by atoms with Gasteiger partial charge in [0.1, 0.15) is 11.5 Å². The SMILES string of the molecule is CNC(C)c1ccc(-c2ccc(Br)cc2C(F)(F)F)o1. The van der Waals surface area contributed by atoms with Crippen LogP contribution in [-0.4, -0.2) is 7.05 Å². The van der Waals surface area contributed by atoms with Crippen molar-refractivity contribution >= 4 is 15.9 Å². The lowest BCUT2D eigenvalue weighted by atomic mass is 10.1. The summed E-state index contributed by atoms with van der Waals surface area (Å²) in [5, 5.41) is 2.98. The fourth-order valence-electron chi connectivity index (χ4n) is 1.84. The molecular formula is C14H13BrF3NO. The van der Waals surface area contributed by atoms with E-state index in [0.717, 1.165) is 6.07 Å². The second kappa shape index (κ2) is 5.61. The fraction of sp³-hybridized carbons (Fsp3) is 0.286. The van der Waals surface area contributed by atoms with E-state index in [0.29, 0.717) is 10.2 Å². The molecule has 0 bridgehead atoms. The summed E-state index contributed by atoms with van der Waals surface area (Å²) < 4.78 is 45.1. The molecule has 2 aromatic rings. The molecular weight excluding hydrogens is 335 g/mol. The molecule has 2 nitrogen and oxygen atoms in total. The monoisotopic (exact) mass is 347 g/mol. The predicted molar refractivity (Wildman–Crippen MR) is 74.3 cm³/mol. The second-order valence-electron chi connectivity index (χ2n) is 4.40. The molecule has 0 aliphatic heterocycles. The molecule has 0 fully saturated rings. The molecule has 1 aromatic heterocycles. The van der Waals surface area contributed by atoms with Crippen LogP contribution in [0.3, 0.4) is 0 Å². The van der Waals surface area contributed by atoms with E-state index >= 15 is 0 Å². The Morgan fingerprint density at radius 3 is 2.50 bits per heavy atom. The van der Waals surface area contributed by atoms with Crippen molar-refractivity contribution in [2.75, 3.05) is 7.05 Å². The molecule has 0 amide bonds. The lowest BCUT2D eigenvalue weighted by Crippen LogP contribution is -2.11. The average molecular weight is 348 g/mol. The van der Waals surface area contributed by atoms with Crippen LogP contribution in [0.2, 0.25) is 0 Å². The Labute approximate surface area is 123 Å². The molecule has 1 atom stereocenters. The van der Waals surface area contributed by atoms with Crippen LogP contribution in [0.5, 0.6) is 0 Å². The molecule has 0 saturated carbocycles. The Morgan fingerprint density at radius 1 is 1.20 bits per heavy atom. The van der Waals surface area contributed by atoms with E-state index in [9.17, 15) is 13.2 Å². The van der Waals surface area contributed by atoms with E-state index in [-0.39, 0.29) is 17.4 Å². The molecule has 0 radical (unpaired) electrons. The minimum absolute atomic E-state index is 0.0373. The highest BCUT2D eigenvalue weighted by molar-refractivity contribution is 9.10. The summed E-state index contributed by atoms with van der Waals surface area (Å²) in [6, 6.07) is 7.20. The Morgan fingerprint density at radius 2 is 1.90 bits per heavy atom. The number of benzene rings is 1. The van der Waals surface area contributed by atoms with Crippen LogP contribution in [0, 0.1) is 0 Å². The zero-order valence-electron chi connectivity index (χ0n) is 10.9. The molecule has 2 rings (SSSR count). The number of nitrogens with one attached hydrogen (secondary N) is 1. The summed E-state index contributed by atoms with van der Waals surface area (Å²) in [4.78, 5) is 0. The van der Waals surface area contributed by atoms with Gasteiger partial charge in [-0.15, -0.1) is 0 Å². The highest BCUT2D eigenvalue weighted by Crippen LogP contribution is 2.39. The Kier molecular flexibility index (Phi) is 4.25. The predicted octanol–water partition coefficient (Wildman–Crippen LogP) is 5.01. The Hall–Kier alpha value is -1.27. The van der Waals surface area contributed by atoms with Crippen molar-refractivity contribution in [3.8, 4) is 11.3 Å². The first-order chi connectivity index (χ1) is 9.32. The second-order valence-corrected chi connectivity index (χ2v) is 5.32. The van der Waals surface area contributed by atoms with Gasteiger partial charge in [-0.1, -0.05) is 15.9 Å². The average Bonchev–Trinajstić information content (AvgIpc) is 2.86. The van der Waals surface area contributed by atoms with E-state index in [1.807, 2.05) is 6.92 Å². The first kappa shape index (κ1) is 15.1. The molecule has 6 heteroatoms. The number of halogens is 4. The third-order valence-electron chi connectivity index (χ3n) is 3.04. The van der Waals surface area contributed by atoms with Gasteiger partial charge in [0.25, 0.3) is 0 Å². The van der Waals surface area contributed by atoms with Crippen molar-refractivity contribution in [3.63, 3.8) is 0 Å².